The highest BCUT2D eigenvalue weighted by Gasteiger charge is 2.39. The minimum Gasteiger partial charge on any atom is -0.497 e. The molecule has 0 radical (unpaired) electrons. The molecule has 6 heteroatoms. The van der Waals surface area contributed by atoms with Crippen molar-refractivity contribution in [3.8, 4) is 17.2 Å². The lowest BCUT2D eigenvalue weighted by Crippen LogP contribution is -2.34. The Balaban J connectivity index is 2.04. The van der Waals surface area contributed by atoms with Crippen molar-refractivity contribution in [1.82, 2.24) is 0 Å². The zero-order valence-corrected chi connectivity index (χ0v) is 17.6. The van der Waals surface area contributed by atoms with E-state index in [2.05, 4.69) is 0 Å². The van der Waals surface area contributed by atoms with Gasteiger partial charge in [0.05, 0.1) is 27.9 Å². The number of carbonyl (C=O) groups is 2. The second-order valence-electron chi connectivity index (χ2n) is 6.99. The normalized spacial score (nSPS) is 18.4. The third-order valence-corrected chi connectivity index (χ3v) is 5.27. The molecule has 30 heavy (non-hydrogen) atoms. The van der Waals surface area contributed by atoms with Crippen LogP contribution >= 0.6 is 0 Å². The summed E-state index contributed by atoms with van der Waals surface area (Å²) in [4.78, 5) is 25.7. The Morgan fingerprint density at radius 2 is 1.53 bits per heavy atom. The zero-order chi connectivity index (χ0) is 21.7. The second kappa shape index (κ2) is 9.48. The lowest BCUT2D eigenvalue weighted by Gasteiger charge is -2.29. The quantitative estimate of drug-likeness (QED) is 0.507. The average molecular weight is 410 g/mol. The van der Waals surface area contributed by atoms with Crippen LogP contribution in [0, 0.1) is 5.92 Å². The summed E-state index contributed by atoms with van der Waals surface area (Å²) in [6.07, 6.45) is 2.04. The number of ether oxygens (including phenoxy) is 4. The van der Waals surface area contributed by atoms with Crippen LogP contribution < -0.4 is 14.2 Å². The van der Waals surface area contributed by atoms with Crippen LogP contribution in [0.5, 0.6) is 17.2 Å². The smallest absolute Gasteiger partial charge is 0.317 e. The van der Waals surface area contributed by atoms with Crippen LogP contribution in [0.4, 0.5) is 0 Å². The third kappa shape index (κ3) is 4.48. The molecule has 0 aromatic heterocycles. The van der Waals surface area contributed by atoms with E-state index in [1.807, 2.05) is 36.4 Å². The lowest BCUT2D eigenvalue weighted by atomic mass is 9.73. The predicted octanol–water partition coefficient (Wildman–Crippen LogP) is 4.03. The monoisotopic (exact) mass is 410 g/mol. The molecule has 158 valence electrons. The SMILES string of the molecule is CCOC(=O)[C@@H]1C(=O)C=C(c2cc(OC)cc(OC)c2)C[C@@H]1c1ccc(OC)cc1. The van der Waals surface area contributed by atoms with Crippen molar-refractivity contribution < 1.29 is 28.5 Å². The highest BCUT2D eigenvalue weighted by Crippen LogP contribution is 2.42. The van der Waals surface area contributed by atoms with E-state index in [0.717, 1.165) is 16.7 Å². The molecule has 0 bridgehead atoms. The topological polar surface area (TPSA) is 71.1 Å². The van der Waals surface area contributed by atoms with Crippen molar-refractivity contribution >= 4 is 17.3 Å². The van der Waals surface area contributed by atoms with E-state index >= 15 is 0 Å². The van der Waals surface area contributed by atoms with Crippen molar-refractivity contribution in [3.05, 3.63) is 59.7 Å². The second-order valence-corrected chi connectivity index (χ2v) is 6.99. The third-order valence-electron chi connectivity index (χ3n) is 5.27. The van der Waals surface area contributed by atoms with Gasteiger partial charge < -0.3 is 18.9 Å². The van der Waals surface area contributed by atoms with Gasteiger partial charge >= 0.3 is 5.97 Å². The molecule has 0 amide bonds. The summed E-state index contributed by atoms with van der Waals surface area (Å²) in [6, 6.07) is 12.9. The molecule has 0 heterocycles. The molecule has 2 aromatic rings. The summed E-state index contributed by atoms with van der Waals surface area (Å²) >= 11 is 0. The lowest BCUT2D eigenvalue weighted by molar-refractivity contribution is -0.151. The molecular weight excluding hydrogens is 384 g/mol. The minimum absolute atomic E-state index is 0.224. The number of esters is 1. The van der Waals surface area contributed by atoms with Gasteiger partial charge in [0.25, 0.3) is 0 Å². The van der Waals surface area contributed by atoms with Gasteiger partial charge in [0, 0.05) is 12.0 Å². The molecule has 0 aliphatic heterocycles. The van der Waals surface area contributed by atoms with Crippen molar-refractivity contribution in [2.75, 3.05) is 27.9 Å². The van der Waals surface area contributed by atoms with E-state index in [9.17, 15) is 9.59 Å². The fourth-order valence-electron chi connectivity index (χ4n) is 3.74. The number of benzene rings is 2. The fraction of sp³-hybridized carbons (Fsp3) is 0.333. The van der Waals surface area contributed by atoms with E-state index in [4.69, 9.17) is 18.9 Å². The number of hydrogen-bond acceptors (Lipinski definition) is 6. The van der Waals surface area contributed by atoms with Gasteiger partial charge in [-0.1, -0.05) is 12.1 Å². The molecule has 3 rings (SSSR count). The molecule has 0 unspecified atom stereocenters. The molecule has 0 spiro atoms. The standard InChI is InChI=1S/C24H26O6/c1-5-30-24(26)23-21(15-6-8-18(27-2)9-7-15)12-17(13-22(23)25)16-10-19(28-3)14-20(11-16)29-4/h6-11,13-14,21,23H,5,12H2,1-4H3/t21-,23+/m1/s1. The van der Waals surface area contributed by atoms with E-state index in [1.54, 1.807) is 34.3 Å². The average Bonchev–Trinajstić information content (AvgIpc) is 2.78. The Kier molecular flexibility index (Phi) is 6.77. The number of ketones is 1. The molecule has 0 N–H and O–H groups in total. The summed E-state index contributed by atoms with van der Waals surface area (Å²) in [5.74, 6) is -0.0207. The van der Waals surface area contributed by atoms with Crippen molar-refractivity contribution in [3.63, 3.8) is 0 Å². The maximum Gasteiger partial charge on any atom is 0.317 e. The summed E-state index contributed by atoms with van der Waals surface area (Å²) in [7, 11) is 4.75. The van der Waals surface area contributed by atoms with Gasteiger partial charge in [-0.2, -0.15) is 0 Å². The van der Waals surface area contributed by atoms with Gasteiger partial charge in [-0.15, -0.1) is 0 Å². The first kappa shape index (κ1) is 21.4. The van der Waals surface area contributed by atoms with Crippen LogP contribution in [0.15, 0.2) is 48.5 Å². The van der Waals surface area contributed by atoms with Crippen LogP contribution in [0.3, 0.4) is 0 Å². The van der Waals surface area contributed by atoms with Gasteiger partial charge in [-0.05, 0) is 60.4 Å². The number of hydrogen-bond donors (Lipinski definition) is 0. The Labute approximate surface area is 176 Å². The molecule has 0 saturated carbocycles. The molecular formula is C24H26O6. The Bertz CT molecular complexity index is 922. The predicted molar refractivity (Wildman–Crippen MR) is 113 cm³/mol. The van der Waals surface area contributed by atoms with Crippen LogP contribution in [-0.4, -0.2) is 39.7 Å². The summed E-state index contributed by atoms with van der Waals surface area (Å²) in [6.45, 7) is 1.96. The van der Waals surface area contributed by atoms with E-state index < -0.39 is 11.9 Å². The summed E-state index contributed by atoms with van der Waals surface area (Å²) in [5.41, 5.74) is 2.52. The molecule has 0 saturated heterocycles. The van der Waals surface area contributed by atoms with E-state index in [0.29, 0.717) is 23.7 Å². The molecule has 2 aromatic carbocycles. The highest BCUT2D eigenvalue weighted by atomic mass is 16.5. The van der Waals surface area contributed by atoms with Crippen LogP contribution in [0.1, 0.15) is 30.4 Å². The van der Waals surface area contributed by atoms with Crippen molar-refractivity contribution in [2.24, 2.45) is 5.92 Å². The van der Waals surface area contributed by atoms with Crippen molar-refractivity contribution in [1.29, 1.82) is 0 Å². The van der Waals surface area contributed by atoms with Crippen LogP contribution in [0.2, 0.25) is 0 Å². The summed E-state index contributed by atoms with van der Waals surface area (Å²) < 4.78 is 21.2. The van der Waals surface area contributed by atoms with E-state index in [-0.39, 0.29) is 18.3 Å². The molecule has 2 atom stereocenters. The van der Waals surface area contributed by atoms with Crippen LogP contribution in [0.25, 0.3) is 5.57 Å². The Morgan fingerprint density at radius 1 is 0.933 bits per heavy atom. The number of allylic oxidation sites excluding steroid dienone is 2. The molecule has 1 aliphatic carbocycles. The Morgan fingerprint density at radius 3 is 2.07 bits per heavy atom. The van der Waals surface area contributed by atoms with Crippen molar-refractivity contribution in [2.45, 2.75) is 19.3 Å². The van der Waals surface area contributed by atoms with Gasteiger partial charge in [0.15, 0.2) is 5.78 Å². The fourth-order valence-corrected chi connectivity index (χ4v) is 3.74. The molecule has 1 aliphatic rings. The van der Waals surface area contributed by atoms with E-state index in [1.165, 1.54) is 6.08 Å². The van der Waals surface area contributed by atoms with Gasteiger partial charge in [-0.25, -0.2) is 0 Å². The van der Waals surface area contributed by atoms with Crippen LogP contribution in [-0.2, 0) is 14.3 Å². The number of carbonyl (C=O) groups excluding carboxylic acids is 2. The first-order valence-electron chi connectivity index (χ1n) is 9.79. The minimum atomic E-state index is -0.880. The first-order valence-corrected chi connectivity index (χ1v) is 9.79. The summed E-state index contributed by atoms with van der Waals surface area (Å²) in [5, 5.41) is 0. The maximum atomic E-state index is 13.0. The largest absolute Gasteiger partial charge is 0.497 e. The Hall–Kier alpha value is -3.28. The van der Waals surface area contributed by atoms with Gasteiger partial charge in [-0.3, -0.25) is 9.59 Å². The zero-order valence-electron chi connectivity index (χ0n) is 17.6. The van der Waals surface area contributed by atoms with Gasteiger partial charge in [0.1, 0.15) is 23.2 Å². The van der Waals surface area contributed by atoms with Gasteiger partial charge in [0.2, 0.25) is 0 Å². The molecule has 6 nitrogen and oxygen atoms in total. The highest BCUT2D eigenvalue weighted by molar-refractivity contribution is 6.10. The molecule has 0 fully saturated rings. The first-order chi connectivity index (χ1) is 14.5. The maximum absolute atomic E-state index is 13.0. The number of rotatable bonds is 7. The number of methoxy groups -OCH3 is 3.